The quantitative estimate of drug-likeness (QED) is 0.438. The zero-order valence-electron chi connectivity index (χ0n) is 16.8. The summed E-state index contributed by atoms with van der Waals surface area (Å²) < 4.78 is 0. The van der Waals surface area contributed by atoms with Crippen LogP contribution < -0.4 is 5.32 Å². The summed E-state index contributed by atoms with van der Waals surface area (Å²) in [5.74, 6) is 0.278. The molecule has 8 heteroatoms. The third-order valence-electron chi connectivity index (χ3n) is 4.19. The molecule has 5 nitrogen and oxygen atoms in total. The molecule has 1 N–H and O–H groups in total. The van der Waals surface area contributed by atoms with Crippen LogP contribution in [0.1, 0.15) is 32.0 Å². The largest absolute Gasteiger partial charge is 0.301 e. The van der Waals surface area contributed by atoms with E-state index in [0.717, 1.165) is 23.4 Å². The van der Waals surface area contributed by atoms with E-state index in [1.807, 2.05) is 23.6 Å². The summed E-state index contributed by atoms with van der Waals surface area (Å²) in [5, 5.41) is 15.5. The van der Waals surface area contributed by atoms with Crippen molar-refractivity contribution in [1.29, 1.82) is 5.26 Å². The second kappa shape index (κ2) is 10.1. The average Bonchev–Trinajstić information content (AvgIpc) is 3.16. The first-order valence-corrected chi connectivity index (χ1v) is 11.6. The van der Waals surface area contributed by atoms with Gasteiger partial charge in [0.15, 0.2) is 5.13 Å². The number of hydrogen-bond acceptors (Lipinski definition) is 6. The molecular weight excluding hydrogens is 436 g/mol. The third kappa shape index (κ3) is 5.82. The Morgan fingerprint density at radius 2 is 1.93 bits per heavy atom. The van der Waals surface area contributed by atoms with Gasteiger partial charge in [0.05, 0.1) is 16.5 Å². The van der Waals surface area contributed by atoms with E-state index in [-0.39, 0.29) is 5.91 Å². The Bertz CT molecular complexity index is 1070. The lowest BCUT2D eigenvalue weighted by Gasteiger charge is -2.12. The SMILES string of the molecule is CC(C)Cc1ccc(C#N)c(SC(C)C(=O)Nc2nc(-c3ccc(Cl)cc3)cs2)n1. The minimum atomic E-state index is -0.429. The molecule has 3 aromatic rings. The molecule has 0 aliphatic carbocycles. The number of benzene rings is 1. The van der Waals surface area contributed by atoms with Gasteiger partial charge in [0.1, 0.15) is 11.1 Å². The number of aromatic nitrogens is 2. The second-order valence-corrected chi connectivity index (χ2v) is 9.78. The van der Waals surface area contributed by atoms with Gasteiger partial charge in [-0.1, -0.05) is 49.3 Å². The molecule has 0 saturated carbocycles. The smallest absolute Gasteiger partial charge is 0.239 e. The normalized spacial score (nSPS) is 11.9. The van der Waals surface area contributed by atoms with Crippen molar-refractivity contribution >= 4 is 45.7 Å². The molecule has 1 amide bonds. The molecule has 0 spiro atoms. The topological polar surface area (TPSA) is 78.7 Å². The predicted octanol–water partition coefficient (Wildman–Crippen LogP) is 6.05. The van der Waals surface area contributed by atoms with Gasteiger partial charge in [-0.25, -0.2) is 9.97 Å². The van der Waals surface area contributed by atoms with E-state index in [2.05, 4.69) is 35.2 Å². The Balaban J connectivity index is 1.68. The maximum absolute atomic E-state index is 12.7. The molecule has 0 saturated heterocycles. The van der Waals surface area contributed by atoms with Crippen LogP contribution in [0.4, 0.5) is 5.13 Å². The van der Waals surface area contributed by atoms with Crippen molar-refractivity contribution < 1.29 is 4.79 Å². The van der Waals surface area contributed by atoms with Crippen LogP contribution in [-0.2, 0) is 11.2 Å². The van der Waals surface area contributed by atoms with Crippen LogP contribution in [0.15, 0.2) is 46.8 Å². The van der Waals surface area contributed by atoms with Gasteiger partial charge < -0.3 is 5.32 Å². The number of thiazole rings is 1. The highest BCUT2D eigenvalue weighted by molar-refractivity contribution is 8.00. The molecule has 0 radical (unpaired) electrons. The first-order valence-electron chi connectivity index (χ1n) is 9.44. The van der Waals surface area contributed by atoms with Gasteiger partial charge in [0, 0.05) is 21.7 Å². The molecule has 0 fully saturated rings. The van der Waals surface area contributed by atoms with Crippen molar-refractivity contribution in [3.8, 4) is 17.3 Å². The molecular formula is C22H21ClN4OS2. The molecule has 3 rings (SSSR count). The molecule has 1 unspecified atom stereocenters. The van der Waals surface area contributed by atoms with E-state index in [9.17, 15) is 10.1 Å². The number of rotatable bonds is 7. The van der Waals surface area contributed by atoms with Gasteiger partial charge in [0.25, 0.3) is 0 Å². The number of nitrogens with zero attached hydrogens (tertiary/aromatic N) is 3. The Morgan fingerprint density at radius 3 is 2.60 bits per heavy atom. The van der Waals surface area contributed by atoms with E-state index in [1.165, 1.54) is 23.1 Å². The van der Waals surface area contributed by atoms with Crippen LogP contribution in [0, 0.1) is 17.2 Å². The molecule has 0 aliphatic rings. The van der Waals surface area contributed by atoms with Crippen molar-refractivity contribution in [2.24, 2.45) is 5.92 Å². The fraction of sp³-hybridized carbons (Fsp3) is 0.273. The monoisotopic (exact) mass is 456 g/mol. The first kappa shape index (κ1) is 22.3. The predicted molar refractivity (Wildman–Crippen MR) is 124 cm³/mol. The van der Waals surface area contributed by atoms with Gasteiger partial charge in [-0.3, -0.25) is 4.79 Å². The number of halogens is 1. The maximum Gasteiger partial charge on any atom is 0.239 e. The maximum atomic E-state index is 12.7. The van der Waals surface area contributed by atoms with Gasteiger partial charge in [0.2, 0.25) is 5.91 Å². The van der Waals surface area contributed by atoms with Crippen LogP contribution in [0.25, 0.3) is 11.3 Å². The van der Waals surface area contributed by atoms with Gasteiger partial charge in [-0.2, -0.15) is 5.26 Å². The molecule has 1 aromatic carbocycles. The fourth-order valence-corrected chi connectivity index (χ4v) is 4.46. The van der Waals surface area contributed by atoms with Crippen LogP contribution in [-0.4, -0.2) is 21.1 Å². The number of carbonyl (C=O) groups excluding carboxylic acids is 1. The zero-order chi connectivity index (χ0) is 21.7. The number of amides is 1. The van der Waals surface area contributed by atoms with Crippen molar-refractivity contribution in [2.75, 3.05) is 5.32 Å². The Kier molecular flexibility index (Phi) is 7.48. The molecule has 2 aromatic heterocycles. The summed E-state index contributed by atoms with van der Waals surface area (Å²) in [6, 6.07) is 13.2. The van der Waals surface area contributed by atoms with E-state index < -0.39 is 5.25 Å². The molecule has 154 valence electrons. The minimum absolute atomic E-state index is 0.183. The van der Waals surface area contributed by atoms with E-state index in [1.54, 1.807) is 25.1 Å². The number of nitriles is 1. The summed E-state index contributed by atoms with van der Waals surface area (Å²) in [6.45, 7) is 6.04. The fourth-order valence-electron chi connectivity index (χ4n) is 2.70. The summed E-state index contributed by atoms with van der Waals surface area (Å²) >= 11 is 8.58. The lowest BCUT2D eigenvalue weighted by Crippen LogP contribution is -2.22. The number of carbonyl (C=O) groups is 1. The highest BCUT2D eigenvalue weighted by Gasteiger charge is 2.19. The first-order chi connectivity index (χ1) is 14.4. The Morgan fingerprint density at radius 1 is 1.20 bits per heavy atom. The van der Waals surface area contributed by atoms with Crippen molar-refractivity contribution in [1.82, 2.24) is 9.97 Å². The Labute approximate surface area is 189 Å². The minimum Gasteiger partial charge on any atom is -0.301 e. The number of anilines is 1. The van der Waals surface area contributed by atoms with Gasteiger partial charge >= 0.3 is 0 Å². The zero-order valence-corrected chi connectivity index (χ0v) is 19.2. The second-order valence-electron chi connectivity index (χ2n) is 7.16. The number of nitrogens with one attached hydrogen (secondary N) is 1. The summed E-state index contributed by atoms with van der Waals surface area (Å²) in [6.07, 6.45) is 0.826. The van der Waals surface area contributed by atoms with E-state index >= 15 is 0 Å². The summed E-state index contributed by atoms with van der Waals surface area (Å²) in [5.41, 5.74) is 3.11. The van der Waals surface area contributed by atoms with Crippen molar-refractivity contribution in [3.05, 3.63) is 58.1 Å². The molecule has 0 bridgehead atoms. The number of thioether (sulfide) groups is 1. The molecule has 1 atom stereocenters. The molecule has 2 heterocycles. The Hall–Kier alpha value is -2.40. The van der Waals surface area contributed by atoms with E-state index in [0.29, 0.717) is 26.7 Å². The third-order valence-corrected chi connectivity index (χ3v) is 6.30. The van der Waals surface area contributed by atoms with Gasteiger partial charge in [-0.05, 0) is 43.5 Å². The standard InChI is InChI=1S/C22H21ClN4OS2/c1-13(2)10-18-9-6-16(11-24)21(25-18)30-14(3)20(28)27-22-26-19(12-29-22)15-4-7-17(23)8-5-15/h4-9,12-14H,10H2,1-3H3,(H,26,27,28). The summed E-state index contributed by atoms with van der Waals surface area (Å²) in [4.78, 5) is 21.8. The van der Waals surface area contributed by atoms with Crippen LogP contribution in [0.3, 0.4) is 0 Å². The van der Waals surface area contributed by atoms with Crippen LogP contribution in [0.5, 0.6) is 0 Å². The lowest BCUT2D eigenvalue weighted by molar-refractivity contribution is -0.115. The number of hydrogen-bond donors (Lipinski definition) is 1. The van der Waals surface area contributed by atoms with Crippen molar-refractivity contribution in [2.45, 2.75) is 37.5 Å². The van der Waals surface area contributed by atoms with E-state index in [4.69, 9.17) is 11.6 Å². The summed E-state index contributed by atoms with van der Waals surface area (Å²) in [7, 11) is 0. The molecule has 0 aliphatic heterocycles. The highest BCUT2D eigenvalue weighted by atomic mass is 35.5. The van der Waals surface area contributed by atoms with Gasteiger partial charge in [-0.15, -0.1) is 11.3 Å². The average molecular weight is 457 g/mol. The molecule has 30 heavy (non-hydrogen) atoms. The van der Waals surface area contributed by atoms with Crippen LogP contribution in [0.2, 0.25) is 5.02 Å². The van der Waals surface area contributed by atoms with Crippen molar-refractivity contribution in [3.63, 3.8) is 0 Å². The lowest BCUT2D eigenvalue weighted by atomic mass is 10.1. The van der Waals surface area contributed by atoms with Crippen LogP contribution >= 0.6 is 34.7 Å². The number of pyridine rings is 1. The highest BCUT2D eigenvalue weighted by Crippen LogP contribution is 2.29.